The summed E-state index contributed by atoms with van der Waals surface area (Å²) < 4.78 is 15.9. The Kier molecular flexibility index (Phi) is 5.57. The molecule has 2 heterocycles. The van der Waals surface area contributed by atoms with Crippen LogP contribution in [0.1, 0.15) is 21.8 Å². The number of nitrogens with one attached hydrogen (secondary N) is 1. The molecule has 1 N–H and O–H groups in total. The minimum Gasteiger partial charge on any atom is -0.495 e. The molecule has 0 unspecified atom stereocenters. The third-order valence-corrected chi connectivity index (χ3v) is 4.41. The molecule has 0 saturated carbocycles. The largest absolute Gasteiger partial charge is 0.495 e. The minimum absolute atomic E-state index is 0.220. The second-order valence-corrected chi connectivity index (χ2v) is 6.23. The van der Waals surface area contributed by atoms with Gasteiger partial charge in [-0.1, -0.05) is 16.8 Å². The van der Waals surface area contributed by atoms with E-state index in [0.717, 1.165) is 18.7 Å². The summed E-state index contributed by atoms with van der Waals surface area (Å²) in [6.45, 7) is 5.54. The van der Waals surface area contributed by atoms with E-state index in [4.69, 9.17) is 25.6 Å². The zero-order chi connectivity index (χ0) is 17.8. The van der Waals surface area contributed by atoms with Gasteiger partial charge in [-0.15, -0.1) is 0 Å². The fourth-order valence-electron chi connectivity index (χ4n) is 2.59. The van der Waals surface area contributed by atoms with E-state index in [9.17, 15) is 4.79 Å². The van der Waals surface area contributed by atoms with Crippen molar-refractivity contribution in [3.8, 4) is 5.75 Å². The average Bonchev–Trinajstić information content (AvgIpc) is 3.07. The van der Waals surface area contributed by atoms with Crippen molar-refractivity contribution < 1.29 is 18.8 Å². The maximum absolute atomic E-state index is 12.4. The fraction of sp³-hybridized carbons (Fsp3) is 0.412. The molecule has 25 heavy (non-hydrogen) atoms. The van der Waals surface area contributed by atoms with E-state index in [1.165, 1.54) is 7.11 Å². The van der Waals surface area contributed by atoms with Gasteiger partial charge in [0.05, 0.1) is 32.6 Å². The summed E-state index contributed by atoms with van der Waals surface area (Å²) in [6.07, 6.45) is 0. The molecule has 0 atom stereocenters. The molecule has 1 aromatic carbocycles. The van der Waals surface area contributed by atoms with Crippen molar-refractivity contribution in [1.82, 2.24) is 10.1 Å². The van der Waals surface area contributed by atoms with E-state index in [1.54, 1.807) is 18.2 Å². The highest BCUT2D eigenvalue weighted by molar-refractivity contribution is 6.31. The van der Waals surface area contributed by atoms with E-state index in [2.05, 4.69) is 15.4 Å². The highest BCUT2D eigenvalue weighted by Gasteiger charge is 2.18. The molecule has 134 valence electrons. The lowest BCUT2D eigenvalue weighted by atomic mass is 10.2. The smallest absolute Gasteiger partial charge is 0.277 e. The summed E-state index contributed by atoms with van der Waals surface area (Å²) in [5.41, 5.74) is 1.59. The van der Waals surface area contributed by atoms with Gasteiger partial charge in [0.25, 0.3) is 5.91 Å². The molecule has 1 fully saturated rings. The van der Waals surface area contributed by atoms with Gasteiger partial charge in [-0.3, -0.25) is 9.69 Å². The number of aromatic nitrogens is 1. The summed E-state index contributed by atoms with van der Waals surface area (Å²) >= 11 is 6.08. The summed E-state index contributed by atoms with van der Waals surface area (Å²) in [4.78, 5) is 14.6. The quantitative estimate of drug-likeness (QED) is 0.877. The van der Waals surface area contributed by atoms with E-state index >= 15 is 0 Å². The molecule has 1 amide bonds. The molecule has 1 aliphatic heterocycles. The Hall–Kier alpha value is -2.09. The first-order valence-electron chi connectivity index (χ1n) is 7.98. The van der Waals surface area contributed by atoms with Gasteiger partial charge in [-0.2, -0.15) is 0 Å². The number of rotatable bonds is 5. The van der Waals surface area contributed by atoms with Gasteiger partial charge in [-0.05, 0) is 18.6 Å². The molecule has 1 aliphatic rings. The monoisotopic (exact) mass is 365 g/mol. The Morgan fingerprint density at radius 3 is 2.84 bits per heavy atom. The van der Waals surface area contributed by atoms with E-state index < -0.39 is 0 Å². The zero-order valence-corrected chi connectivity index (χ0v) is 14.9. The highest BCUT2D eigenvalue weighted by atomic mass is 35.5. The van der Waals surface area contributed by atoms with Gasteiger partial charge in [0, 0.05) is 30.2 Å². The lowest BCUT2D eigenvalue weighted by molar-refractivity contribution is 0.0305. The first-order valence-corrected chi connectivity index (χ1v) is 8.36. The number of nitrogens with zero attached hydrogens (tertiary/aromatic N) is 2. The Morgan fingerprint density at radius 1 is 1.36 bits per heavy atom. The Labute approximate surface area is 150 Å². The van der Waals surface area contributed by atoms with Crippen LogP contribution in [-0.4, -0.2) is 49.4 Å². The zero-order valence-electron chi connectivity index (χ0n) is 14.2. The minimum atomic E-state index is -0.364. The van der Waals surface area contributed by atoms with Crippen LogP contribution in [0.15, 0.2) is 22.7 Å². The van der Waals surface area contributed by atoms with Gasteiger partial charge >= 0.3 is 0 Å². The van der Waals surface area contributed by atoms with Gasteiger partial charge in [0.1, 0.15) is 5.75 Å². The van der Waals surface area contributed by atoms with Crippen molar-refractivity contribution in [2.45, 2.75) is 13.5 Å². The molecular formula is C17H20ClN3O4. The number of carbonyl (C=O) groups is 1. The van der Waals surface area contributed by atoms with Crippen LogP contribution >= 0.6 is 11.6 Å². The predicted molar refractivity (Wildman–Crippen MR) is 93.3 cm³/mol. The summed E-state index contributed by atoms with van der Waals surface area (Å²) in [6, 6.07) is 5.08. The van der Waals surface area contributed by atoms with Crippen LogP contribution in [0.3, 0.4) is 0 Å². The number of halogens is 1. The second kappa shape index (κ2) is 7.86. The van der Waals surface area contributed by atoms with Crippen molar-refractivity contribution in [2.24, 2.45) is 0 Å². The molecule has 2 aromatic rings. The number of anilines is 1. The van der Waals surface area contributed by atoms with Crippen molar-refractivity contribution in [2.75, 3.05) is 38.7 Å². The van der Waals surface area contributed by atoms with E-state index in [1.807, 2.05) is 6.92 Å². The van der Waals surface area contributed by atoms with Crippen molar-refractivity contribution in [1.29, 1.82) is 0 Å². The van der Waals surface area contributed by atoms with Crippen molar-refractivity contribution in [3.05, 3.63) is 40.2 Å². The topological polar surface area (TPSA) is 76.8 Å². The van der Waals surface area contributed by atoms with E-state index in [-0.39, 0.29) is 11.6 Å². The number of carbonyl (C=O) groups excluding carboxylic acids is 1. The highest BCUT2D eigenvalue weighted by Crippen LogP contribution is 2.31. The fourth-order valence-corrected chi connectivity index (χ4v) is 2.74. The molecule has 0 spiro atoms. The van der Waals surface area contributed by atoms with Crippen LogP contribution < -0.4 is 10.1 Å². The molecule has 8 heteroatoms. The summed E-state index contributed by atoms with van der Waals surface area (Å²) in [5, 5.41) is 7.22. The van der Waals surface area contributed by atoms with Crippen LogP contribution in [0.4, 0.5) is 5.69 Å². The lowest BCUT2D eigenvalue weighted by Gasteiger charge is -2.25. The Balaban J connectivity index is 1.68. The van der Waals surface area contributed by atoms with Gasteiger partial charge in [-0.25, -0.2) is 0 Å². The number of amides is 1. The number of hydrogen-bond donors (Lipinski definition) is 1. The standard InChI is InChI=1S/C17H20ClN3O4/c1-11-7-14(16(23-2)9-13(11)18)19-17(22)15-8-12(25-20-15)10-21-3-5-24-6-4-21/h7-9H,3-6,10H2,1-2H3,(H,19,22). The summed E-state index contributed by atoms with van der Waals surface area (Å²) in [7, 11) is 1.52. The molecule has 0 aliphatic carbocycles. The molecule has 0 bridgehead atoms. The molecule has 7 nitrogen and oxygen atoms in total. The van der Waals surface area contributed by atoms with Crippen LogP contribution in [0.25, 0.3) is 0 Å². The molecule has 1 saturated heterocycles. The number of hydrogen-bond acceptors (Lipinski definition) is 6. The summed E-state index contributed by atoms with van der Waals surface area (Å²) in [5.74, 6) is 0.768. The molecule has 1 aromatic heterocycles. The Morgan fingerprint density at radius 2 is 2.12 bits per heavy atom. The van der Waals surface area contributed by atoms with Crippen molar-refractivity contribution >= 4 is 23.2 Å². The van der Waals surface area contributed by atoms with Crippen molar-refractivity contribution in [3.63, 3.8) is 0 Å². The predicted octanol–water partition coefficient (Wildman–Crippen LogP) is 2.73. The maximum Gasteiger partial charge on any atom is 0.277 e. The van der Waals surface area contributed by atoms with Crippen LogP contribution in [-0.2, 0) is 11.3 Å². The normalized spacial score (nSPS) is 15.2. The number of methoxy groups -OCH3 is 1. The molecular weight excluding hydrogens is 346 g/mol. The molecule has 3 rings (SSSR count). The maximum atomic E-state index is 12.4. The second-order valence-electron chi connectivity index (χ2n) is 5.82. The van der Waals surface area contributed by atoms with Gasteiger partial charge in [0.15, 0.2) is 11.5 Å². The SMILES string of the molecule is COc1cc(Cl)c(C)cc1NC(=O)c1cc(CN2CCOCC2)on1. The van der Waals surface area contributed by atoms with Crippen LogP contribution in [0.5, 0.6) is 5.75 Å². The first-order chi connectivity index (χ1) is 12.1. The number of morpholine rings is 1. The average molecular weight is 366 g/mol. The van der Waals surface area contributed by atoms with Gasteiger partial charge in [0.2, 0.25) is 0 Å². The van der Waals surface area contributed by atoms with Crippen LogP contribution in [0.2, 0.25) is 5.02 Å². The third kappa shape index (κ3) is 4.31. The molecule has 0 radical (unpaired) electrons. The van der Waals surface area contributed by atoms with Gasteiger partial charge < -0.3 is 19.3 Å². The number of ether oxygens (including phenoxy) is 2. The van der Waals surface area contributed by atoms with Crippen LogP contribution in [0, 0.1) is 6.92 Å². The van der Waals surface area contributed by atoms with E-state index in [0.29, 0.717) is 42.0 Å². The number of aryl methyl sites for hydroxylation is 1. The first kappa shape index (κ1) is 17.7. The lowest BCUT2D eigenvalue weighted by Crippen LogP contribution is -2.35. The Bertz CT molecular complexity index is 756. The number of benzene rings is 1. The third-order valence-electron chi connectivity index (χ3n) is 4.00.